The number of esters is 1. The summed E-state index contributed by atoms with van der Waals surface area (Å²) in [5.74, 6) is -0.711. The van der Waals surface area contributed by atoms with Crippen molar-refractivity contribution in [3.8, 4) is 0 Å². The summed E-state index contributed by atoms with van der Waals surface area (Å²) < 4.78 is 4.55. The molecule has 0 fully saturated rings. The van der Waals surface area contributed by atoms with Gasteiger partial charge >= 0.3 is 5.97 Å². The third-order valence-electron chi connectivity index (χ3n) is 6.41. The number of ether oxygens (including phenoxy) is 1. The Hall–Kier alpha value is -2.40. The molecule has 1 aromatic carbocycles. The average Bonchev–Trinajstić information content (AvgIpc) is 2.72. The molecule has 162 valence electrons. The smallest absolute Gasteiger partial charge is 0.336 e. The number of alkyl halides is 1. The molecule has 3 aliphatic rings. The van der Waals surface area contributed by atoms with Crippen molar-refractivity contribution in [2.45, 2.75) is 44.4 Å². The van der Waals surface area contributed by atoms with Crippen molar-refractivity contribution in [2.75, 3.05) is 7.11 Å². The minimum Gasteiger partial charge on any atom is -0.466 e. The third-order valence-corrected chi connectivity index (χ3v) is 7.45. The van der Waals surface area contributed by atoms with Gasteiger partial charge in [-0.05, 0) is 36.3 Å². The molecule has 4 rings (SSSR count). The van der Waals surface area contributed by atoms with E-state index in [0.717, 1.165) is 29.0 Å². The third kappa shape index (κ3) is 3.96. The van der Waals surface area contributed by atoms with Crippen molar-refractivity contribution in [3.05, 3.63) is 76.7 Å². The van der Waals surface area contributed by atoms with E-state index in [9.17, 15) is 9.59 Å². The van der Waals surface area contributed by atoms with Gasteiger partial charge in [0.25, 0.3) is 0 Å². The second-order valence-corrected chi connectivity index (χ2v) is 10.9. The quantitative estimate of drug-likeness (QED) is 0.459. The Morgan fingerprint density at radius 1 is 1.19 bits per heavy atom. The largest absolute Gasteiger partial charge is 0.466 e. The van der Waals surface area contributed by atoms with Gasteiger partial charge in [0, 0.05) is 29.3 Å². The Balaban J connectivity index is 1.79. The Labute approximate surface area is 192 Å². The number of Topliss-reactive ketones (excluding diaryl/α,β-unsaturated/α-hetero) is 1. The number of allylic oxidation sites excluding steroid dienone is 7. The maximum atomic E-state index is 13.4. The molecule has 0 spiro atoms. The van der Waals surface area contributed by atoms with Crippen LogP contribution in [0.15, 0.2) is 71.1 Å². The zero-order valence-corrected chi connectivity index (χ0v) is 20.0. The van der Waals surface area contributed by atoms with Crippen LogP contribution in [0.1, 0.15) is 45.6 Å². The van der Waals surface area contributed by atoms with E-state index in [0.29, 0.717) is 24.0 Å². The van der Waals surface area contributed by atoms with Gasteiger partial charge in [-0.1, -0.05) is 78.3 Å². The molecular weight excluding hydrogens is 454 g/mol. The molecule has 2 aliphatic carbocycles. The topological polar surface area (TPSA) is 55.4 Å². The van der Waals surface area contributed by atoms with Crippen LogP contribution in [0.25, 0.3) is 5.57 Å². The van der Waals surface area contributed by atoms with E-state index < -0.39 is 16.2 Å². The first-order valence-electron chi connectivity index (χ1n) is 10.6. The highest BCUT2D eigenvalue weighted by atomic mass is 79.9. The molecule has 5 heteroatoms. The lowest BCUT2D eigenvalue weighted by atomic mass is 9.66. The number of dihydropyridines is 1. The molecule has 0 bridgehead atoms. The number of nitrogens with one attached hydrogen (secondary N) is 1. The molecule has 1 aliphatic heterocycles. The summed E-state index contributed by atoms with van der Waals surface area (Å²) in [6, 6.07) is 10.2. The predicted octanol–water partition coefficient (Wildman–Crippen LogP) is 5.47. The molecule has 0 saturated heterocycles. The number of ketones is 1. The van der Waals surface area contributed by atoms with Crippen LogP contribution in [0.5, 0.6) is 0 Å². The fraction of sp³-hybridized carbons (Fsp3) is 0.385. The van der Waals surface area contributed by atoms with Crippen LogP contribution in [0.3, 0.4) is 0 Å². The van der Waals surface area contributed by atoms with Gasteiger partial charge in [-0.25, -0.2) is 4.79 Å². The molecular formula is C26H28BrNO3. The summed E-state index contributed by atoms with van der Waals surface area (Å²) in [4.78, 5) is 26.2. The van der Waals surface area contributed by atoms with Gasteiger partial charge in [-0.15, -0.1) is 0 Å². The Bertz CT molecular complexity index is 1060. The van der Waals surface area contributed by atoms with Gasteiger partial charge in [0.2, 0.25) is 0 Å². The van der Waals surface area contributed by atoms with Gasteiger partial charge in [-0.2, -0.15) is 0 Å². The number of halogens is 1. The van der Waals surface area contributed by atoms with Crippen molar-refractivity contribution >= 4 is 33.3 Å². The van der Waals surface area contributed by atoms with E-state index in [1.54, 1.807) is 0 Å². The molecule has 1 heterocycles. The fourth-order valence-corrected chi connectivity index (χ4v) is 5.74. The second kappa shape index (κ2) is 7.94. The molecule has 2 unspecified atom stereocenters. The van der Waals surface area contributed by atoms with Crippen LogP contribution in [0.2, 0.25) is 0 Å². The number of hydrogen-bond acceptors (Lipinski definition) is 4. The van der Waals surface area contributed by atoms with Gasteiger partial charge in [0.05, 0.1) is 17.0 Å². The van der Waals surface area contributed by atoms with E-state index in [1.807, 2.05) is 25.1 Å². The van der Waals surface area contributed by atoms with Crippen LogP contribution in [-0.2, 0) is 14.3 Å². The van der Waals surface area contributed by atoms with Crippen molar-refractivity contribution < 1.29 is 14.3 Å². The van der Waals surface area contributed by atoms with E-state index in [4.69, 9.17) is 4.74 Å². The van der Waals surface area contributed by atoms with Gasteiger partial charge < -0.3 is 10.1 Å². The first-order valence-corrected chi connectivity index (χ1v) is 11.4. The number of carbonyl (C=O) groups excluding carboxylic acids is 2. The van der Waals surface area contributed by atoms with Gasteiger partial charge in [0.1, 0.15) is 0 Å². The van der Waals surface area contributed by atoms with E-state index >= 15 is 0 Å². The number of carbonyl (C=O) groups is 2. The van der Waals surface area contributed by atoms with Gasteiger partial charge in [-0.3, -0.25) is 4.79 Å². The molecule has 0 amide bonds. The van der Waals surface area contributed by atoms with Crippen molar-refractivity contribution in [2.24, 2.45) is 11.3 Å². The Morgan fingerprint density at radius 3 is 2.52 bits per heavy atom. The summed E-state index contributed by atoms with van der Waals surface area (Å²) in [7, 11) is 1.39. The van der Waals surface area contributed by atoms with Crippen molar-refractivity contribution in [1.82, 2.24) is 5.32 Å². The lowest BCUT2D eigenvalue weighted by Gasteiger charge is -2.44. The molecule has 31 heavy (non-hydrogen) atoms. The Morgan fingerprint density at radius 2 is 1.90 bits per heavy atom. The highest BCUT2D eigenvalue weighted by molar-refractivity contribution is 9.10. The van der Waals surface area contributed by atoms with Crippen molar-refractivity contribution in [1.29, 1.82) is 0 Å². The number of benzene rings is 1. The molecule has 1 N–H and O–H groups in total. The Kier molecular flexibility index (Phi) is 5.59. The fourth-order valence-electron chi connectivity index (χ4n) is 4.99. The molecule has 4 nitrogen and oxygen atoms in total. The highest BCUT2D eigenvalue weighted by Gasteiger charge is 2.50. The number of methoxy groups -OCH3 is 1. The maximum absolute atomic E-state index is 13.4. The van der Waals surface area contributed by atoms with Crippen LogP contribution in [0, 0.1) is 11.3 Å². The van der Waals surface area contributed by atoms with E-state index in [2.05, 4.69) is 65.5 Å². The van der Waals surface area contributed by atoms with E-state index in [-0.39, 0.29) is 11.2 Å². The number of rotatable bonds is 3. The SMILES string of the molecule is COC(=O)C1=C(C)NC2=C(C(=O)CC(C)(C)C2)C1C1(Br)C=CC(c2ccccc2)=CC1. The summed E-state index contributed by atoms with van der Waals surface area (Å²) >= 11 is 3.95. The summed E-state index contributed by atoms with van der Waals surface area (Å²) in [5.41, 5.74) is 5.09. The van der Waals surface area contributed by atoms with Crippen LogP contribution >= 0.6 is 15.9 Å². The van der Waals surface area contributed by atoms with Crippen molar-refractivity contribution in [3.63, 3.8) is 0 Å². The monoisotopic (exact) mass is 481 g/mol. The molecule has 1 aromatic rings. The summed E-state index contributed by atoms with van der Waals surface area (Å²) in [5, 5.41) is 3.37. The molecule has 0 radical (unpaired) electrons. The van der Waals surface area contributed by atoms with Crippen LogP contribution < -0.4 is 5.32 Å². The zero-order valence-electron chi connectivity index (χ0n) is 18.4. The minimum atomic E-state index is -0.587. The van der Waals surface area contributed by atoms with Crippen LogP contribution in [0.4, 0.5) is 0 Å². The summed E-state index contributed by atoms with van der Waals surface area (Å²) in [6.07, 6.45) is 8.24. The lowest BCUT2D eigenvalue weighted by molar-refractivity contribution is -0.136. The molecule has 0 saturated carbocycles. The average molecular weight is 482 g/mol. The maximum Gasteiger partial charge on any atom is 0.336 e. The molecule has 0 aromatic heterocycles. The number of hydrogen-bond donors (Lipinski definition) is 1. The second-order valence-electron chi connectivity index (χ2n) is 9.41. The van der Waals surface area contributed by atoms with Gasteiger partial charge in [0.15, 0.2) is 5.78 Å². The normalized spacial score (nSPS) is 27.5. The standard InChI is InChI=1S/C26H28BrNO3/c1-16-21(24(30)31-4)23(22-19(28-16)14-25(2,3)15-20(22)29)26(27)12-10-18(11-13-26)17-8-6-5-7-9-17/h5-12,23,28H,13-15H2,1-4H3. The summed E-state index contributed by atoms with van der Waals surface area (Å²) in [6.45, 7) is 6.11. The first-order chi connectivity index (χ1) is 14.6. The zero-order chi connectivity index (χ0) is 22.4. The van der Waals surface area contributed by atoms with E-state index in [1.165, 1.54) is 7.11 Å². The highest BCUT2D eigenvalue weighted by Crippen LogP contribution is 2.51. The first kappa shape index (κ1) is 21.8. The molecule has 2 atom stereocenters. The lowest BCUT2D eigenvalue weighted by Crippen LogP contribution is -2.46. The minimum absolute atomic E-state index is 0.0997. The predicted molar refractivity (Wildman–Crippen MR) is 126 cm³/mol. The van der Waals surface area contributed by atoms with Crippen LogP contribution in [-0.4, -0.2) is 23.2 Å².